The Balaban J connectivity index is 2.10. The Morgan fingerprint density at radius 1 is 0.958 bits per heavy atom. The third-order valence-corrected chi connectivity index (χ3v) is 4.27. The van der Waals surface area contributed by atoms with Gasteiger partial charge in [0.15, 0.2) is 11.5 Å². The summed E-state index contributed by atoms with van der Waals surface area (Å²) in [4.78, 5) is 0. The molecule has 0 bridgehead atoms. The Hall–Kier alpha value is -1.72. The Morgan fingerprint density at radius 3 is 2.25 bits per heavy atom. The number of halogens is 1. The highest BCUT2D eigenvalue weighted by Gasteiger charge is 2.15. The molecule has 4 nitrogen and oxygen atoms in total. The molecule has 1 N–H and O–H groups in total. The van der Waals surface area contributed by atoms with Gasteiger partial charge < -0.3 is 19.5 Å². The van der Waals surface area contributed by atoms with E-state index in [1.54, 1.807) is 14.2 Å². The molecule has 0 amide bonds. The summed E-state index contributed by atoms with van der Waals surface area (Å²) < 4.78 is 17.6. The molecule has 2 aromatic rings. The van der Waals surface area contributed by atoms with Gasteiger partial charge in [0.25, 0.3) is 0 Å². The van der Waals surface area contributed by atoms with Crippen molar-refractivity contribution < 1.29 is 14.2 Å². The summed E-state index contributed by atoms with van der Waals surface area (Å²) in [5.41, 5.74) is 2.25. The maximum Gasteiger partial charge on any atom is 0.167 e. The molecular weight excluding hydrogens is 370 g/mol. The summed E-state index contributed by atoms with van der Waals surface area (Å²) in [5, 5.41) is 3.45. The number of methoxy groups -OCH3 is 2. The number of ether oxygens (including phenoxy) is 3. The number of nitrogens with one attached hydrogen (secondary N) is 1. The topological polar surface area (TPSA) is 39.7 Å². The van der Waals surface area contributed by atoms with Gasteiger partial charge in [-0.15, -0.1) is 0 Å². The average molecular weight is 394 g/mol. The first-order chi connectivity index (χ1) is 11.5. The fourth-order valence-corrected chi connectivity index (χ4v) is 2.80. The van der Waals surface area contributed by atoms with E-state index in [1.807, 2.05) is 38.1 Å². The van der Waals surface area contributed by atoms with Crippen LogP contribution < -0.4 is 19.5 Å². The van der Waals surface area contributed by atoms with Crippen molar-refractivity contribution in [3.63, 3.8) is 0 Å². The molecule has 0 heterocycles. The van der Waals surface area contributed by atoms with E-state index >= 15 is 0 Å². The minimum absolute atomic E-state index is 0.0774. The van der Waals surface area contributed by atoms with Gasteiger partial charge in [-0.05, 0) is 43.7 Å². The highest BCUT2D eigenvalue weighted by molar-refractivity contribution is 9.10. The standard InChI is InChI=1S/C19H24BrNO3/c1-13(2)24-19-16(17(20)9-10-18(19)23-4)12-21-11-14-5-7-15(22-3)8-6-14/h5-10,13,21H,11-12H2,1-4H3. The highest BCUT2D eigenvalue weighted by Crippen LogP contribution is 2.37. The van der Waals surface area contributed by atoms with Crippen LogP contribution in [0, 0.1) is 0 Å². The average Bonchev–Trinajstić information content (AvgIpc) is 2.57. The van der Waals surface area contributed by atoms with Crippen molar-refractivity contribution in [1.82, 2.24) is 5.32 Å². The van der Waals surface area contributed by atoms with E-state index in [2.05, 4.69) is 33.4 Å². The van der Waals surface area contributed by atoms with Gasteiger partial charge in [-0.1, -0.05) is 28.1 Å². The number of hydrogen-bond acceptors (Lipinski definition) is 4. The van der Waals surface area contributed by atoms with Crippen LogP contribution in [0.25, 0.3) is 0 Å². The summed E-state index contributed by atoms with van der Waals surface area (Å²) in [6.45, 7) is 5.45. The predicted octanol–water partition coefficient (Wildman–Crippen LogP) is 4.54. The lowest BCUT2D eigenvalue weighted by Gasteiger charge is -2.19. The normalized spacial score (nSPS) is 10.8. The molecule has 0 radical (unpaired) electrons. The summed E-state index contributed by atoms with van der Waals surface area (Å²) in [6.07, 6.45) is 0.0774. The molecule has 130 valence electrons. The lowest BCUT2D eigenvalue weighted by molar-refractivity contribution is 0.227. The van der Waals surface area contributed by atoms with Gasteiger partial charge in [-0.2, -0.15) is 0 Å². The molecule has 24 heavy (non-hydrogen) atoms. The molecule has 0 unspecified atom stereocenters. The maximum absolute atomic E-state index is 5.97. The van der Waals surface area contributed by atoms with Crippen LogP contribution in [0.4, 0.5) is 0 Å². The first kappa shape index (κ1) is 18.6. The third-order valence-electron chi connectivity index (χ3n) is 3.53. The first-order valence-corrected chi connectivity index (χ1v) is 8.70. The molecule has 0 saturated heterocycles. The van der Waals surface area contributed by atoms with Gasteiger partial charge in [0.05, 0.1) is 20.3 Å². The second kappa shape index (κ2) is 8.94. The molecule has 0 fully saturated rings. The van der Waals surface area contributed by atoms with Crippen LogP contribution in [-0.2, 0) is 13.1 Å². The van der Waals surface area contributed by atoms with E-state index in [9.17, 15) is 0 Å². The quantitative estimate of drug-likeness (QED) is 0.714. The lowest BCUT2D eigenvalue weighted by Crippen LogP contribution is -2.16. The molecule has 0 aromatic heterocycles. The summed E-state index contributed by atoms with van der Waals surface area (Å²) in [5.74, 6) is 2.39. The van der Waals surface area contributed by atoms with Gasteiger partial charge in [0.1, 0.15) is 5.75 Å². The van der Waals surface area contributed by atoms with Crippen molar-refractivity contribution >= 4 is 15.9 Å². The molecule has 0 aliphatic carbocycles. The van der Waals surface area contributed by atoms with E-state index in [4.69, 9.17) is 14.2 Å². The Bertz CT molecular complexity index is 656. The summed E-state index contributed by atoms with van der Waals surface area (Å²) in [6, 6.07) is 11.9. The van der Waals surface area contributed by atoms with Crippen molar-refractivity contribution in [2.75, 3.05) is 14.2 Å². The summed E-state index contributed by atoms with van der Waals surface area (Å²) in [7, 11) is 3.33. The van der Waals surface area contributed by atoms with E-state index in [0.717, 1.165) is 33.8 Å². The van der Waals surface area contributed by atoms with Gasteiger partial charge in [-0.25, -0.2) is 0 Å². The smallest absolute Gasteiger partial charge is 0.167 e. The molecule has 0 atom stereocenters. The monoisotopic (exact) mass is 393 g/mol. The molecular formula is C19H24BrNO3. The van der Waals surface area contributed by atoms with Crippen molar-refractivity contribution in [2.45, 2.75) is 33.0 Å². The Kier molecular flexibility index (Phi) is 6.94. The van der Waals surface area contributed by atoms with Gasteiger partial charge in [0.2, 0.25) is 0 Å². The van der Waals surface area contributed by atoms with Crippen LogP contribution in [0.15, 0.2) is 40.9 Å². The van der Waals surface area contributed by atoms with Crippen LogP contribution in [0.5, 0.6) is 17.2 Å². The van der Waals surface area contributed by atoms with Gasteiger partial charge in [0, 0.05) is 23.1 Å². The van der Waals surface area contributed by atoms with E-state index in [0.29, 0.717) is 6.54 Å². The van der Waals surface area contributed by atoms with Crippen molar-refractivity contribution in [3.8, 4) is 17.2 Å². The minimum Gasteiger partial charge on any atom is -0.497 e. The van der Waals surface area contributed by atoms with E-state index in [-0.39, 0.29) is 6.10 Å². The van der Waals surface area contributed by atoms with Crippen LogP contribution in [0.1, 0.15) is 25.0 Å². The number of hydrogen-bond donors (Lipinski definition) is 1. The molecule has 0 spiro atoms. The molecule has 0 aliphatic heterocycles. The second-order valence-electron chi connectivity index (χ2n) is 5.68. The number of benzene rings is 2. The van der Waals surface area contributed by atoms with Crippen molar-refractivity contribution in [3.05, 3.63) is 52.0 Å². The minimum atomic E-state index is 0.0774. The molecule has 2 rings (SSSR count). The van der Waals surface area contributed by atoms with Gasteiger partial charge in [-0.3, -0.25) is 0 Å². The predicted molar refractivity (Wildman–Crippen MR) is 100.0 cm³/mol. The van der Waals surface area contributed by atoms with Gasteiger partial charge >= 0.3 is 0 Å². The van der Waals surface area contributed by atoms with Crippen LogP contribution in [0.2, 0.25) is 0 Å². The zero-order valence-electron chi connectivity index (χ0n) is 14.6. The maximum atomic E-state index is 5.97. The first-order valence-electron chi connectivity index (χ1n) is 7.90. The molecule has 5 heteroatoms. The molecule has 0 saturated carbocycles. The number of rotatable bonds is 8. The lowest BCUT2D eigenvalue weighted by atomic mass is 10.1. The molecule has 0 aliphatic rings. The van der Waals surface area contributed by atoms with Crippen molar-refractivity contribution in [1.29, 1.82) is 0 Å². The van der Waals surface area contributed by atoms with Crippen molar-refractivity contribution in [2.24, 2.45) is 0 Å². The van der Waals surface area contributed by atoms with E-state index < -0.39 is 0 Å². The van der Waals surface area contributed by atoms with Crippen LogP contribution in [-0.4, -0.2) is 20.3 Å². The Morgan fingerprint density at radius 2 is 1.67 bits per heavy atom. The van der Waals surface area contributed by atoms with E-state index in [1.165, 1.54) is 5.56 Å². The summed E-state index contributed by atoms with van der Waals surface area (Å²) >= 11 is 3.61. The zero-order chi connectivity index (χ0) is 17.5. The fourth-order valence-electron chi connectivity index (χ4n) is 2.35. The van der Waals surface area contributed by atoms with Crippen LogP contribution >= 0.6 is 15.9 Å². The largest absolute Gasteiger partial charge is 0.497 e. The second-order valence-corrected chi connectivity index (χ2v) is 6.53. The fraction of sp³-hybridized carbons (Fsp3) is 0.368. The third kappa shape index (κ3) is 4.89. The SMILES string of the molecule is COc1ccc(CNCc2c(Br)ccc(OC)c2OC(C)C)cc1. The zero-order valence-corrected chi connectivity index (χ0v) is 16.1. The Labute approximate surface area is 152 Å². The highest BCUT2D eigenvalue weighted by atomic mass is 79.9. The van der Waals surface area contributed by atoms with Crippen LogP contribution in [0.3, 0.4) is 0 Å². The molecule has 2 aromatic carbocycles.